The first-order valence-electron chi connectivity index (χ1n) is 15.1. The van der Waals surface area contributed by atoms with E-state index in [1.165, 1.54) is 30.9 Å². The van der Waals surface area contributed by atoms with Gasteiger partial charge < -0.3 is 14.2 Å². The molecule has 2 heterocycles. The van der Waals surface area contributed by atoms with Crippen LogP contribution in [0.15, 0.2) is 65.8 Å². The van der Waals surface area contributed by atoms with Crippen LogP contribution in [0.4, 0.5) is 31.1 Å². The molecule has 0 N–H and O–H groups in total. The van der Waals surface area contributed by atoms with E-state index in [1.807, 2.05) is 19.1 Å². The van der Waals surface area contributed by atoms with Crippen molar-refractivity contribution in [2.75, 3.05) is 20.5 Å². The number of ether oxygens (including phenoxy) is 3. The van der Waals surface area contributed by atoms with Crippen molar-refractivity contribution in [2.45, 2.75) is 55.3 Å². The number of aryl methyl sites for hydroxylation is 1. The SMILES string of the molecule is COC(=O)c1ccc(-c2ccc(OC)c(-c3ncc(SC)nc3CN3C(=O)O[C@H](c4cc(C(F)(F)F)cc(C(F)(F)F)c4)C34CC4)c2)c(C)c1. The van der Waals surface area contributed by atoms with Crippen molar-refractivity contribution >= 4 is 23.8 Å². The van der Waals surface area contributed by atoms with Crippen LogP contribution in [0.1, 0.15) is 57.3 Å². The van der Waals surface area contributed by atoms with E-state index in [9.17, 15) is 35.9 Å². The minimum atomic E-state index is -5.06. The van der Waals surface area contributed by atoms with Gasteiger partial charge in [0.2, 0.25) is 0 Å². The van der Waals surface area contributed by atoms with E-state index < -0.39 is 52.7 Å². The van der Waals surface area contributed by atoms with Crippen LogP contribution in [0, 0.1) is 6.92 Å². The second kappa shape index (κ2) is 12.8. The van der Waals surface area contributed by atoms with Gasteiger partial charge in [-0.15, -0.1) is 11.8 Å². The number of hydrogen-bond donors (Lipinski definition) is 0. The lowest BCUT2D eigenvalue weighted by Crippen LogP contribution is -2.36. The number of methoxy groups -OCH3 is 2. The van der Waals surface area contributed by atoms with Crippen molar-refractivity contribution in [3.05, 3.63) is 94.3 Å². The van der Waals surface area contributed by atoms with Crippen molar-refractivity contribution < 1.29 is 50.1 Å². The molecule has 1 atom stereocenters. The second-order valence-electron chi connectivity index (χ2n) is 11.9. The number of nitrogens with zero attached hydrogens (tertiary/aromatic N) is 3. The smallest absolute Gasteiger partial charge is 0.416 e. The van der Waals surface area contributed by atoms with Crippen molar-refractivity contribution in [1.29, 1.82) is 0 Å². The summed E-state index contributed by atoms with van der Waals surface area (Å²) in [5.41, 5.74) is -0.671. The van der Waals surface area contributed by atoms with Gasteiger partial charge in [0.15, 0.2) is 6.10 Å². The summed E-state index contributed by atoms with van der Waals surface area (Å²) in [6.07, 6.45) is -8.51. The van der Waals surface area contributed by atoms with Crippen LogP contribution < -0.4 is 4.74 Å². The Kier molecular flexibility index (Phi) is 8.99. The van der Waals surface area contributed by atoms with Crippen LogP contribution in [0.5, 0.6) is 5.75 Å². The highest BCUT2D eigenvalue weighted by Crippen LogP contribution is 2.58. The summed E-state index contributed by atoms with van der Waals surface area (Å²) in [7, 11) is 2.77. The first-order chi connectivity index (χ1) is 23.6. The Hall–Kier alpha value is -4.79. The molecule has 0 radical (unpaired) electrons. The number of benzene rings is 3. The van der Waals surface area contributed by atoms with E-state index >= 15 is 0 Å². The number of thioether (sulfide) groups is 1. The normalized spacial score (nSPS) is 16.8. The van der Waals surface area contributed by atoms with Gasteiger partial charge in [-0.3, -0.25) is 9.88 Å². The number of rotatable bonds is 8. The highest BCUT2D eigenvalue weighted by Gasteiger charge is 2.64. The van der Waals surface area contributed by atoms with Gasteiger partial charge >= 0.3 is 24.4 Å². The molecule has 0 unspecified atom stereocenters. The molecule has 1 aliphatic heterocycles. The lowest BCUT2D eigenvalue weighted by Gasteiger charge is -2.26. The van der Waals surface area contributed by atoms with Gasteiger partial charge in [-0.05, 0) is 90.7 Å². The largest absolute Gasteiger partial charge is 0.496 e. The zero-order valence-electron chi connectivity index (χ0n) is 27.0. The Balaban J connectivity index is 1.40. The molecule has 1 saturated carbocycles. The molecule has 0 bridgehead atoms. The molecule has 50 heavy (non-hydrogen) atoms. The monoisotopic (exact) mass is 717 g/mol. The molecule has 3 aromatic carbocycles. The topological polar surface area (TPSA) is 90.9 Å². The van der Waals surface area contributed by atoms with Crippen molar-refractivity contribution in [3.63, 3.8) is 0 Å². The van der Waals surface area contributed by atoms with Crippen LogP contribution in [0.3, 0.4) is 0 Å². The number of carbonyl (C=O) groups excluding carboxylic acids is 2. The summed E-state index contributed by atoms with van der Waals surface area (Å²) in [5.74, 6) is -0.0504. The first kappa shape index (κ1) is 35.1. The summed E-state index contributed by atoms with van der Waals surface area (Å²) < 4.78 is 98.3. The Labute approximate surface area is 286 Å². The average Bonchev–Trinajstić information content (AvgIpc) is 3.84. The third-order valence-corrected chi connectivity index (χ3v) is 9.51. The predicted molar refractivity (Wildman–Crippen MR) is 170 cm³/mol. The average molecular weight is 718 g/mol. The summed E-state index contributed by atoms with van der Waals surface area (Å²) in [5, 5.41) is 0.509. The molecule has 1 amide bonds. The fraction of sp³-hybridized carbons (Fsp3) is 0.314. The number of halogens is 6. The van der Waals surface area contributed by atoms with E-state index in [2.05, 4.69) is 4.98 Å². The standard InChI is InChI=1S/C35H29F6N3O5S/c1-18-11-20(31(45)48-3)5-7-24(18)19-6-8-27(47-2)25(14-19)29-26(43-28(50-4)16-42-29)17-44-32(46)49-30(33(44)9-10-33)21-12-22(34(36,37)38)15-23(13-21)35(39,40)41/h5-8,11-16,30H,9-10,17H2,1-4H3/t30-/m1/s1. The first-order valence-corrected chi connectivity index (χ1v) is 16.4. The molecule has 6 rings (SSSR count). The zero-order chi connectivity index (χ0) is 36.2. The Morgan fingerprint density at radius 2 is 1.66 bits per heavy atom. The highest BCUT2D eigenvalue weighted by atomic mass is 32.2. The maximum absolute atomic E-state index is 13.7. The fourth-order valence-corrected chi connectivity index (χ4v) is 6.63. The minimum absolute atomic E-state index is 0.0455. The maximum atomic E-state index is 13.7. The van der Waals surface area contributed by atoms with Gasteiger partial charge in [-0.25, -0.2) is 14.6 Å². The quantitative estimate of drug-likeness (QED) is 0.101. The molecule has 1 aliphatic carbocycles. The van der Waals surface area contributed by atoms with E-state index in [1.54, 1.807) is 36.7 Å². The Bertz CT molecular complexity index is 1960. The lowest BCUT2D eigenvalue weighted by molar-refractivity contribution is -0.143. The summed E-state index contributed by atoms with van der Waals surface area (Å²) in [4.78, 5) is 36.2. The molecular formula is C35H29F6N3O5S. The van der Waals surface area contributed by atoms with Crippen molar-refractivity contribution in [1.82, 2.24) is 14.9 Å². The summed E-state index contributed by atoms with van der Waals surface area (Å²) in [6, 6.07) is 11.8. The third kappa shape index (κ3) is 6.45. The Morgan fingerprint density at radius 1 is 0.980 bits per heavy atom. The van der Waals surface area contributed by atoms with Gasteiger partial charge in [0.25, 0.3) is 0 Å². The molecule has 1 spiro atoms. The van der Waals surface area contributed by atoms with Gasteiger partial charge in [0.1, 0.15) is 10.8 Å². The minimum Gasteiger partial charge on any atom is -0.496 e. The van der Waals surface area contributed by atoms with Crippen LogP contribution in [-0.2, 0) is 28.4 Å². The highest BCUT2D eigenvalue weighted by molar-refractivity contribution is 7.98. The van der Waals surface area contributed by atoms with Crippen LogP contribution in [-0.4, -0.2) is 52.9 Å². The van der Waals surface area contributed by atoms with E-state index in [4.69, 9.17) is 19.2 Å². The molecule has 1 aromatic heterocycles. The van der Waals surface area contributed by atoms with E-state index in [0.717, 1.165) is 16.7 Å². The Morgan fingerprint density at radius 3 is 2.22 bits per heavy atom. The molecule has 1 saturated heterocycles. The molecule has 262 valence electrons. The van der Waals surface area contributed by atoms with Crippen LogP contribution >= 0.6 is 11.8 Å². The number of cyclic esters (lactones) is 1. The van der Waals surface area contributed by atoms with Crippen molar-refractivity contribution in [3.8, 4) is 28.1 Å². The van der Waals surface area contributed by atoms with Crippen molar-refractivity contribution in [2.24, 2.45) is 0 Å². The lowest BCUT2D eigenvalue weighted by atomic mass is 9.94. The number of amides is 1. The number of esters is 1. The number of carbonyl (C=O) groups is 2. The maximum Gasteiger partial charge on any atom is 0.416 e. The molecular weight excluding hydrogens is 688 g/mol. The van der Waals surface area contributed by atoms with Gasteiger partial charge in [-0.2, -0.15) is 26.3 Å². The van der Waals surface area contributed by atoms with Gasteiger partial charge in [0.05, 0.1) is 60.6 Å². The summed E-state index contributed by atoms with van der Waals surface area (Å²) >= 11 is 1.29. The number of alkyl halides is 6. The molecule has 2 fully saturated rings. The molecule has 2 aliphatic rings. The van der Waals surface area contributed by atoms with E-state index in [-0.39, 0.29) is 25.5 Å². The molecule has 4 aromatic rings. The number of hydrogen-bond acceptors (Lipinski definition) is 8. The van der Waals surface area contributed by atoms with Gasteiger partial charge in [-0.1, -0.05) is 12.1 Å². The molecule has 15 heteroatoms. The van der Waals surface area contributed by atoms with Gasteiger partial charge in [0, 0.05) is 5.56 Å². The fourth-order valence-electron chi connectivity index (χ4n) is 6.27. The summed E-state index contributed by atoms with van der Waals surface area (Å²) in [6.45, 7) is 1.65. The third-order valence-electron chi connectivity index (χ3n) is 8.89. The number of aromatic nitrogens is 2. The second-order valence-corrected chi connectivity index (χ2v) is 12.8. The molecule has 8 nitrogen and oxygen atoms in total. The van der Waals surface area contributed by atoms with E-state index in [0.29, 0.717) is 45.4 Å². The van der Waals surface area contributed by atoms with Crippen LogP contribution in [0.25, 0.3) is 22.4 Å². The predicted octanol–water partition coefficient (Wildman–Crippen LogP) is 8.90. The zero-order valence-corrected chi connectivity index (χ0v) is 27.8. The van der Waals surface area contributed by atoms with Crippen LogP contribution in [0.2, 0.25) is 0 Å².